The molecule has 0 amide bonds. The van der Waals surface area contributed by atoms with Crippen molar-refractivity contribution in [2.75, 3.05) is 5.73 Å². The van der Waals surface area contributed by atoms with Crippen LogP contribution in [0.5, 0.6) is 0 Å². The van der Waals surface area contributed by atoms with E-state index >= 15 is 0 Å². The molecule has 0 fully saturated rings. The van der Waals surface area contributed by atoms with Gasteiger partial charge in [0.25, 0.3) is 0 Å². The van der Waals surface area contributed by atoms with Crippen LogP contribution in [0.15, 0.2) is 176 Å². The maximum absolute atomic E-state index is 8.04. The Morgan fingerprint density at radius 2 is 1.00 bits per heavy atom. The van der Waals surface area contributed by atoms with Gasteiger partial charge < -0.3 is 5.73 Å². The van der Waals surface area contributed by atoms with Crippen LogP contribution in [0.3, 0.4) is 0 Å². The van der Waals surface area contributed by atoms with Crippen molar-refractivity contribution < 1.29 is 0 Å². The van der Waals surface area contributed by atoms with Gasteiger partial charge in [-0.25, -0.2) is 0 Å². The van der Waals surface area contributed by atoms with Crippen molar-refractivity contribution in [3.63, 3.8) is 0 Å². The SMILES string of the molecule is N=C1C=C(c2ccccn2)C=C(c2ccccn2)C1=N.Nc1cccc(-c2c3ccccc3c(-c3ccc4ccccc4c3)c3ccccc23)c1. The first kappa shape index (κ1) is 31.3. The Hall–Kier alpha value is -6.98. The van der Waals surface area contributed by atoms with Crippen molar-refractivity contribution in [2.45, 2.75) is 0 Å². The molecule has 0 bridgehead atoms. The van der Waals surface area contributed by atoms with E-state index in [0.29, 0.717) is 11.3 Å². The van der Waals surface area contributed by atoms with Gasteiger partial charge in [0.1, 0.15) is 0 Å². The summed E-state index contributed by atoms with van der Waals surface area (Å²) < 4.78 is 0. The third-order valence-corrected chi connectivity index (χ3v) is 9.18. The molecule has 4 N–H and O–H groups in total. The lowest BCUT2D eigenvalue weighted by Crippen LogP contribution is -2.16. The van der Waals surface area contributed by atoms with Gasteiger partial charge in [0.15, 0.2) is 0 Å². The Morgan fingerprint density at radius 3 is 1.59 bits per heavy atom. The highest BCUT2D eigenvalue weighted by Gasteiger charge is 2.20. The number of nitrogen functional groups attached to an aromatic ring is 1. The molecule has 9 rings (SSSR count). The molecule has 0 unspecified atom stereocenters. The molecular weight excluding hydrogens is 623 g/mol. The summed E-state index contributed by atoms with van der Waals surface area (Å²) in [5, 5.41) is 23.5. The number of anilines is 1. The monoisotopic (exact) mass is 655 g/mol. The number of benzene rings is 6. The maximum atomic E-state index is 8.04. The number of allylic oxidation sites excluding steroid dienone is 4. The van der Waals surface area contributed by atoms with Gasteiger partial charge in [-0.05, 0) is 109 Å². The molecule has 0 atom stereocenters. The summed E-state index contributed by atoms with van der Waals surface area (Å²) in [5.74, 6) is 0. The molecule has 6 aromatic carbocycles. The molecule has 0 saturated heterocycles. The van der Waals surface area contributed by atoms with Crippen molar-refractivity contribution in [3.05, 3.63) is 188 Å². The average molecular weight is 656 g/mol. The van der Waals surface area contributed by atoms with Gasteiger partial charge >= 0.3 is 0 Å². The van der Waals surface area contributed by atoms with Gasteiger partial charge in [0.2, 0.25) is 0 Å². The normalized spacial score (nSPS) is 12.7. The van der Waals surface area contributed by atoms with E-state index in [0.717, 1.165) is 22.5 Å². The summed E-state index contributed by atoms with van der Waals surface area (Å²) >= 11 is 0. The molecule has 2 aromatic heterocycles. The van der Waals surface area contributed by atoms with E-state index in [1.807, 2.05) is 54.6 Å². The minimum Gasteiger partial charge on any atom is -0.399 e. The van der Waals surface area contributed by atoms with Crippen molar-refractivity contribution in [2.24, 2.45) is 0 Å². The van der Waals surface area contributed by atoms with Crippen LogP contribution in [0.2, 0.25) is 0 Å². The molecule has 5 heteroatoms. The standard InChI is InChI=1S/C30H21N.C16H12N4/c31-24-11-7-10-22(19-24)29-25-12-3-5-14-27(25)30(28-15-6-4-13-26(28)29)23-17-16-20-8-1-2-9-21(20)18-23;17-13-10-11(14-5-1-3-7-19-14)9-12(16(13)18)15-6-2-4-8-20-15/h1-19H,31H2;1-10,17-18H. The fourth-order valence-electron chi connectivity index (χ4n) is 6.84. The van der Waals surface area contributed by atoms with E-state index < -0.39 is 0 Å². The maximum Gasteiger partial charge on any atom is 0.0883 e. The van der Waals surface area contributed by atoms with Crippen LogP contribution in [-0.4, -0.2) is 21.4 Å². The predicted octanol–water partition coefficient (Wildman–Crippen LogP) is 11.1. The number of nitrogens with zero attached hydrogens (tertiary/aromatic N) is 2. The van der Waals surface area contributed by atoms with Gasteiger partial charge in [-0.3, -0.25) is 20.8 Å². The summed E-state index contributed by atoms with van der Waals surface area (Å²) in [6.45, 7) is 0. The molecule has 0 spiro atoms. The van der Waals surface area contributed by atoms with Crippen molar-refractivity contribution in [1.29, 1.82) is 10.8 Å². The minimum atomic E-state index is 0.175. The highest BCUT2D eigenvalue weighted by molar-refractivity contribution is 6.61. The molecule has 1 aliphatic rings. The minimum absolute atomic E-state index is 0.175. The number of nitrogens with two attached hydrogens (primary N) is 1. The number of aromatic nitrogens is 2. The Labute approximate surface area is 296 Å². The van der Waals surface area contributed by atoms with E-state index in [1.165, 1.54) is 49.0 Å². The molecule has 0 aliphatic heterocycles. The fraction of sp³-hybridized carbons (Fsp3) is 0. The van der Waals surface area contributed by atoms with Crippen LogP contribution < -0.4 is 5.73 Å². The number of hydrogen-bond acceptors (Lipinski definition) is 5. The molecular formula is C46H33N5. The first-order valence-electron chi connectivity index (χ1n) is 16.8. The number of fused-ring (bicyclic) bond motifs is 3. The van der Waals surface area contributed by atoms with Crippen LogP contribution in [0.1, 0.15) is 11.4 Å². The number of hydrogen-bond donors (Lipinski definition) is 3. The Bertz CT molecular complexity index is 2620. The van der Waals surface area contributed by atoms with E-state index in [9.17, 15) is 0 Å². The average Bonchev–Trinajstić information content (AvgIpc) is 3.18. The van der Waals surface area contributed by atoms with Gasteiger partial charge in [-0.2, -0.15) is 0 Å². The van der Waals surface area contributed by atoms with Crippen LogP contribution in [0, 0.1) is 10.8 Å². The van der Waals surface area contributed by atoms with Gasteiger partial charge in [-0.15, -0.1) is 0 Å². The highest BCUT2D eigenvalue weighted by Crippen LogP contribution is 2.44. The van der Waals surface area contributed by atoms with Crippen LogP contribution in [-0.2, 0) is 0 Å². The summed E-state index contributed by atoms with van der Waals surface area (Å²) in [5.41, 5.74) is 15.2. The lowest BCUT2D eigenvalue weighted by molar-refractivity contribution is 1.27. The van der Waals surface area contributed by atoms with Crippen molar-refractivity contribution in [1.82, 2.24) is 9.97 Å². The van der Waals surface area contributed by atoms with Crippen LogP contribution in [0.4, 0.5) is 5.69 Å². The topological polar surface area (TPSA) is 99.5 Å². The second kappa shape index (κ2) is 13.5. The smallest absolute Gasteiger partial charge is 0.0883 e. The highest BCUT2D eigenvalue weighted by atomic mass is 14.7. The quantitative estimate of drug-likeness (QED) is 0.0999. The Morgan fingerprint density at radius 1 is 0.451 bits per heavy atom. The second-order valence-corrected chi connectivity index (χ2v) is 12.4. The Balaban J connectivity index is 0.000000162. The largest absolute Gasteiger partial charge is 0.399 e. The van der Waals surface area contributed by atoms with E-state index in [-0.39, 0.29) is 11.4 Å². The van der Waals surface area contributed by atoms with Crippen LogP contribution >= 0.6 is 0 Å². The van der Waals surface area contributed by atoms with Crippen molar-refractivity contribution in [3.8, 4) is 22.3 Å². The predicted molar refractivity (Wildman–Crippen MR) is 214 cm³/mol. The van der Waals surface area contributed by atoms with Gasteiger partial charge in [-0.1, -0.05) is 109 Å². The molecule has 8 aromatic rings. The zero-order chi connectivity index (χ0) is 34.7. The molecule has 0 radical (unpaired) electrons. The zero-order valence-electron chi connectivity index (χ0n) is 27.7. The Kier molecular flexibility index (Phi) is 8.28. The van der Waals surface area contributed by atoms with E-state index in [1.54, 1.807) is 18.5 Å². The van der Waals surface area contributed by atoms with Gasteiger partial charge in [0, 0.05) is 29.2 Å². The van der Waals surface area contributed by atoms with Crippen molar-refractivity contribution >= 4 is 60.6 Å². The first-order chi connectivity index (χ1) is 25.0. The molecule has 242 valence electrons. The summed E-state index contributed by atoms with van der Waals surface area (Å²) in [4.78, 5) is 8.55. The lowest BCUT2D eigenvalue weighted by atomic mass is 9.85. The van der Waals surface area contributed by atoms with Gasteiger partial charge in [0.05, 0.1) is 22.8 Å². The van der Waals surface area contributed by atoms with Crippen LogP contribution in [0.25, 0.3) is 65.7 Å². The summed E-state index contributed by atoms with van der Waals surface area (Å²) in [7, 11) is 0. The first-order valence-corrected chi connectivity index (χ1v) is 16.8. The lowest BCUT2D eigenvalue weighted by Gasteiger charge is -2.18. The number of rotatable bonds is 4. The molecule has 1 aliphatic carbocycles. The third kappa shape index (κ3) is 6.09. The molecule has 51 heavy (non-hydrogen) atoms. The third-order valence-electron chi connectivity index (χ3n) is 9.18. The molecule has 2 heterocycles. The number of nitrogens with one attached hydrogen (secondary N) is 2. The summed E-state index contributed by atoms with van der Waals surface area (Å²) in [6, 6.07) is 52.1. The molecule has 0 saturated carbocycles. The summed E-state index contributed by atoms with van der Waals surface area (Å²) in [6.07, 6.45) is 6.93. The fourth-order valence-corrected chi connectivity index (χ4v) is 6.84. The molecule has 5 nitrogen and oxygen atoms in total. The zero-order valence-corrected chi connectivity index (χ0v) is 27.7. The number of pyridine rings is 2. The van der Waals surface area contributed by atoms with E-state index in [4.69, 9.17) is 16.6 Å². The second-order valence-electron chi connectivity index (χ2n) is 12.4. The van der Waals surface area contributed by atoms with E-state index in [2.05, 4.69) is 113 Å².